The number of carbonyl (C=O) groups is 1. The van der Waals surface area contributed by atoms with Crippen molar-refractivity contribution in [3.63, 3.8) is 0 Å². The topological polar surface area (TPSA) is 38.1 Å². The van der Waals surface area contributed by atoms with Gasteiger partial charge in [0.1, 0.15) is 5.82 Å². The van der Waals surface area contributed by atoms with E-state index >= 15 is 0 Å². The highest BCUT2D eigenvalue weighted by atomic mass is 16.2. The molecule has 0 radical (unpaired) electrons. The number of aromatic nitrogens is 2. The Morgan fingerprint density at radius 3 is 2.54 bits per heavy atom. The average molecular weight is 374 g/mol. The van der Waals surface area contributed by atoms with E-state index in [0.29, 0.717) is 13.0 Å². The second-order valence-electron chi connectivity index (χ2n) is 8.15. The number of anilines is 1. The van der Waals surface area contributed by atoms with Crippen LogP contribution in [0, 0.1) is 20.8 Å². The van der Waals surface area contributed by atoms with E-state index in [1.165, 1.54) is 5.56 Å². The number of nitrogens with zero attached hydrogens (tertiary/aromatic N) is 3. The summed E-state index contributed by atoms with van der Waals surface area (Å²) in [5.74, 6) is 1.25. The molecule has 0 spiro atoms. The highest BCUT2D eigenvalue weighted by Crippen LogP contribution is 2.36. The molecule has 144 valence electrons. The summed E-state index contributed by atoms with van der Waals surface area (Å²) in [5.41, 5.74) is 7.76. The summed E-state index contributed by atoms with van der Waals surface area (Å²) in [6.07, 6.45) is 0.492. The lowest BCUT2D eigenvalue weighted by atomic mass is 10.0. The number of amides is 1. The van der Waals surface area contributed by atoms with Gasteiger partial charge in [-0.3, -0.25) is 4.79 Å². The molecule has 0 aliphatic carbocycles. The Bertz CT molecular complexity index is 1070. The number of hydrogen-bond donors (Lipinski definition) is 0. The van der Waals surface area contributed by atoms with Gasteiger partial charge in [0.25, 0.3) is 0 Å². The van der Waals surface area contributed by atoms with Crippen molar-refractivity contribution in [1.82, 2.24) is 9.55 Å². The van der Waals surface area contributed by atoms with Gasteiger partial charge in [-0.2, -0.15) is 0 Å². The standard InChI is InChI=1S/C24H27N3O/c1-15(2)13-26-21-9-7-6-8-20(21)25-24(26)19-12-22(28)27(14-19)23-17(4)10-16(3)11-18(23)5/h6-11,19H,1,12-14H2,2-5H3. The van der Waals surface area contributed by atoms with Crippen LogP contribution < -0.4 is 4.90 Å². The molecule has 0 saturated carbocycles. The predicted octanol–water partition coefficient (Wildman–Crippen LogP) is 5.06. The van der Waals surface area contributed by atoms with Gasteiger partial charge in [0.05, 0.1) is 11.0 Å². The highest BCUT2D eigenvalue weighted by molar-refractivity contribution is 5.98. The minimum absolute atomic E-state index is 0.0827. The number of hydrogen-bond acceptors (Lipinski definition) is 2. The first kappa shape index (κ1) is 18.5. The third-order valence-electron chi connectivity index (χ3n) is 5.51. The minimum atomic E-state index is 0.0827. The molecule has 4 rings (SSSR count). The Kier molecular flexibility index (Phi) is 4.58. The quantitative estimate of drug-likeness (QED) is 0.600. The van der Waals surface area contributed by atoms with Crippen LogP contribution in [0.3, 0.4) is 0 Å². The third kappa shape index (κ3) is 3.13. The van der Waals surface area contributed by atoms with Crippen molar-refractivity contribution in [2.45, 2.75) is 46.6 Å². The summed E-state index contributed by atoms with van der Waals surface area (Å²) in [4.78, 5) is 19.8. The van der Waals surface area contributed by atoms with Crippen LogP contribution in [0.5, 0.6) is 0 Å². The monoisotopic (exact) mass is 373 g/mol. The molecule has 4 nitrogen and oxygen atoms in total. The molecule has 1 unspecified atom stereocenters. The van der Waals surface area contributed by atoms with Crippen molar-refractivity contribution in [3.8, 4) is 0 Å². The zero-order chi connectivity index (χ0) is 20.0. The smallest absolute Gasteiger partial charge is 0.227 e. The number of para-hydroxylation sites is 2. The maximum absolute atomic E-state index is 13.0. The molecule has 0 bridgehead atoms. The van der Waals surface area contributed by atoms with Crippen LogP contribution in [0.4, 0.5) is 5.69 Å². The van der Waals surface area contributed by atoms with Gasteiger partial charge in [-0.1, -0.05) is 42.0 Å². The van der Waals surface area contributed by atoms with Gasteiger partial charge in [-0.25, -0.2) is 4.98 Å². The lowest BCUT2D eigenvalue weighted by Gasteiger charge is -2.22. The van der Waals surface area contributed by atoms with E-state index in [2.05, 4.69) is 50.1 Å². The molecule has 1 fully saturated rings. The fourth-order valence-electron chi connectivity index (χ4n) is 4.54. The molecule has 28 heavy (non-hydrogen) atoms. The molecule has 1 atom stereocenters. The predicted molar refractivity (Wildman–Crippen MR) is 115 cm³/mol. The molecule has 1 aromatic heterocycles. The van der Waals surface area contributed by atoms with Gasteiger partial charge < -0.3 is 9.47 Å². The van der Waals surface area contributed by atoms with E-state index in [1.807, 2.05) is 30.0 Å². The van der Waals surface area contributed by atoms with Crippen molar-refractivity contribution in [2.75, 3.05) is 11.4 Å². The Morgan fingerprint density at radius 2 is 1.86 bits per heavy atom. The van der Waals surface area contributed by atoms with Gasteiger partial charge in [0.2, 0.25) is 5.91 Å². The summed E-state index contributed by atoms with van der Waals surface area (Å²) in [7, 11) is 0. The fourth-order valence-corrected chi connectivity index (χ4v) is 4.54. The first-order chi connectivity index (χ1) is 13.3. The maximum atomic E-state index is 13.0. The average Bonchev–Trinajstić information content (AvgIpc) is 3.15. The number of carbonyl (C=O) groups excluding carboxylic acids is 1. The van der Waals surface area contributed by atoms with Crippen molar-refractivity contribution in [1.29, 1.82) is 0 Å². The van der Waals surface area contributed by atoms with Gasteiger partial charge in [0.15, 0.2) is 0 Å². The van der Waals surface area contributed by atoms with E-state index in [0.717, 1.165) is 45.8 Å². The van der Waals surface area contributed by atoms with Crippen LogP contribution >= 0.6 is 0 Å². The largest absolute Gasteiger partial charge is 0.324 e. The minimum Gasteiger partial charge on any atom is -0.324 e. The second kappa shape index (κ2) is 6.93. The molecule has 1 aliphatic rings. The van der Waals surface area contributed by atoms with Crippen LogP contribution in [0.15, 0.2) is 48.6 Å². The first-order valence-corrected chi connectivity index (χ1v) is 9.83. The zero-order valence-electron chi connectivity index (χ0n) is 17.1. The molecule has 0 N–H and O–H groups in total. The van der Waals surface area contributed by atoms with E-state index < -0.39 is 0 Å². The van der Waals surface area contributed by atoms with E-state index in [-0.39, 0.29) is 11.8 Å². The van der Waals surface area contributed by atoms with Crippen LogP contribution in [-0.4, -0.2) is 22.0 Å². The molecule has 2 aromatic carbocycles. The summed E-state index contributed by atoms with van der Waals surface area (Å²) in [6.45, 7) is 13.8. The number of aryl methyl sites for hydroxylation is 3. The van der Waals surface area contributed by atoms with Gasteiger partial charge in [-0.15, -0.1) is 0 Å². The number of benzene rings is 2. The Morgan fingerprint density at radius 1 is 1.18 bits per heavy atom. The second-order valence-corrected chi connectivity index (χ2v) is 8.15. The Hall–Kier alpha value is -2.88. The van der Waals surface area contributed by atoms with E-state index in [1.54, 1.807) is 0 Å². The van der Waals surface area contributed by atoms with E-state index in [9.17, 15) is 4.79 Å². The van der Waals surface area contributed by atoms with Crippen LogP contribution in [0.2, 0.25) is 0 Å². The molecule has 4 heteroatoms. The third-order valence-corrected chi connectivity index (χ3v) is 5.51. The molecule has 1 amide bonds. The molecule has 3 aromatic rings. The van der Waals surface area contributed by atoms with Crippen LogP contribution in [0.25, 0.3) is 11.0 Å². The molecular weight excluding hydrogens is 346 g/mol. The van der Waals surface area contributed by atoms with Crippen molar-refractivity contribution >= 4 is 22.6 Å². The number of rotatable bonds is 4. The first-order valence-electron chi connectivity index (χ1n) is 9.83. The van der Waals surface area contributed by atoms with Crippen molar-refractivity contribution in [2.24, 2.45) is 0 Å². The summed E-state index contributed by atoms with van der Waals surface area (Å²) in [5, 5.41) is 0. The molecule has 1 aliphatic heterocycles. The zero-order valence-corrected chi connectivity index (χ0v) is 17.1. The lowest BCUT2D eigenvalue weighted by molar-refractivity contribution is -0.117. The lowest BCUT2D eigenvalue weighted by Crippen LogP contribution is -2.26. The normalized spacial score (nSPS) is 16.9. The highest BCUT2D eigenvalue weighted by Gasteiger charge is 2.36. The molecule has 1 saturated heterocycles. The summed E-state index contributed by atoms with van der Waals surface area (Å²) >= 11 is 0. The van der Waals surface area contributed by atoms with Gasteiger partial charge >= 0.3 is 0 Å². The van der Waals surface area contributed by atoms with Crippen molar-refractivity contribution < 1.29 is 4.79 Å². The van der Waals surface area contributed by atoms with Gasteiger partial charge in [0, 0.05) is 31.1 Å². The SMILES string of the molecule is C=C(C)Cn1c(C2CC(=O)N(c3c(C)cc(C)cc3C)C2)nc2ccccc21. The Labute approximate surface area is 166 Å². The summed E-state index contributed by atoms with van der Waals surface area (Å²) in [6, 6.07) is 12.5. The fraction of sp³-hybridized carbons (Fsp3) is 0.333. The van der Waals surface area contributed by atoms with Crippen molar-refractivity contribution in [3.05, 3.63) is 71.1 Å². The molecule has 2 heterocycles. The summed E-state index contributed by atoms with van der Waals surface area (Å²) < 4.78 is 2.23. The molecular formula is C24H27N3O. The van der Waals surface area contributed by atoms with Crippen LogP contribution in [0.1, 0.15) is 41.8 Å². The number of fused-ring (bicyclic) bond motifs is 1. The van der Waals surface area contributed by atoms with Crippen LogP contribution in [-0.2, 0) is 11.3 Å². The number of allylic oxidation sites excluding steroid dienone is 1. The Balaban J connectivity index is 1.75. The maximum Gasteiger partial charge on any atom is 0.227 e. The van der Waals surface area contributed by atoms with Gasteiger partial charge in [-0.05, 0) is 51.0 Å². The van der Waals surface area contributed by atoms with E-state index in [4.69, 9.17) is 4.98 Å². The number of imidazole rings is 1.